The van der Waals surface area contributed by atoms with Crippen molar-refractivity contribution < 1.29 is 14.6 Å². The molecule has 0 aliphatic carbocycles. The molecule has 0 bridgehead atoms. The van der Waals surface area contributed by atoms with Gasteiger partial charge in [-0.1, -0.05) is 32.9 Å². The Morgan fingerprint density at radius 3 is 2.52 bits per heavy atom. The second kappa shape index (κ2) is 7.72. The Balaban J connectivity index is 1.89. The van der Waals surface area contributed by atoms with Gasteiger partial charge < -0.3 is 5.32 Å². The highest BCUT2D eigenvalue weighted by atomic mass is 32.2. The first-order chi connectivity index (χ1) is 13.5. The predicted octanol–water partition coefficient (Wildman–Crippen LogP) is 4.15. The lowest BCUT2D eigenvalue weighted by molar-refractivity contribution is -0.384. The van der Waals surface area contributed by atoms with Crippen LogP contribution in [0.5, 0.6) is 0 Å². The Labute approximate surface area is 173 Å². The number of carbonyl (C=O) groups is 1. The molecule has 1 aliphatic heterocycles. The molecule has 1 saturated heterocycles. The van der Waals surface area contributed by atoms with Gasteiger partial charge in [-0.2, -0.15) is 4.99 Å². The Kier molecular flexibility index (Phi) is 5.48. The number of thiazole rings is 1. The van der Waals surface area contributed by atoms with E-state index in [-0.39, 0.29) is 21.0 Å². The van der Waals surface area contributed by atoms with E-state index < -0.39 is 21.2 Å². The molecular weight excluding hydrogens is 418 g/mol. The van der Waals surface area contributed by atoms with E-state index in [9.17, 15) is 25.0 Å². The van der Waals surface area contributed by atoms with Gasteiger partial charge in [-0.25, -0.2) is 4.98 Å². The summed E-state index contributed by atoms with van der Waals surface area (Å²) in [4.78, 5) is 42.2. The molecule has 150 valence electrons. The van der Waals surface area contributed by atoms with Gasteiger partial charge in [0.2, 0.25) is 5.13 Å². The number of thioether (sulfide) groups is 1. The van der Waals surface area contributed by atoms with Gasteiger partial charge in [0.05, 0.1) is 14.8 Å². The van der Waals surface area contributed by atoms with Crippen molar-refractivity contribution in [2.45, 2.75) is 26.2 Å². The first-order valence-electron chi connectivity index (χ1n) is 8.24. The Hall–Kier alpha value is -3.12. The van der Waals surface area contributed by atoms with Crippen molar-refractivity contribution in [3.63, 3.8) is 0 Å². The van der Waals surface area contributed by atoms with E-state index in [0.29, 0.717) is 16.2 Å². The third-order valence-corrected chi connectivity index (χ3v) is 5.51. The summed E-state index contributed by atoms with van der Waals surface area (Å²) in [7, 11) is 0. The summed E-state index contributed by atoms with van der Waals surface area (Å²) in [6.45, 7) is 5.45. The van der Waals surface area contributed by atoms with E-state index in [2.05, 4.69) is 15.3 Å². The summed E-state index contributed by atoms with van der Waals surface area (Å²) < 4.78 is 0. The number of amides is 1. The van der Waals surface area contributed by atoms with Crippen LogP contribution >= 0.6 is 23.1 Å². The predicted molar refractivity (Wildman–Crippen MR) is 111 cm³/mol. The minimum atomic E-state index is -0.531. The Morgan fingerprint density at radius 2 is 1.93 bits per heavy atom. The molecule has 29 heavy (non-hydrogen) atoms. The van der Waals surface area contributed by atoms with Crippen molar-refractivity contribution in [1.29, 1.82) is 0 Å². The SMILES string of the molecule is CC(C)(C)c1nc(N=C2NC(=O)/C(=C/c3cccc([N+](=O)[O-])c3)S2)sc1[N+](=O)[O-]. The van der Waals surface area contributed by atoms with E-state index in [1.165, 1.54) is 24.3 Å². The minimum Gasteiger partial charge on any atom is -0.300 e. The fraction of sp³-hybridized carbons (Fsp3) is 0.235. The van der Waals surface area contributed by atoms with E-state index in [4.69, 9.17) is 0 Å². The average Bonchev–Trinajstić information content (AvgIpc) is 3.19. The number of amidine groups is 1. The quantitative estimate of drug-likeness (QED) is 0.434. The monoisotopic (exact) mass is 433 g/mol. The molecular formula is C17H15N5O5S2. The summed E-state index contributed by atoms with van der Waals surface area (Å²) in [6, 6.07) is 5.89. The third-order valence-electron chi connectivity index (χ3n) is 3.70. The number of carbonyl (C=O) groups excluding carboxylic acids is 1. The molecule has 1 N–H and O–H groups in total. The standard InChI is InChI=1S/C17H15N5O5S2/c1-17(2,3)12-14(22(26)27)29-15(18-12)20-16-19-13(23)11(28-16)8-9-5-4-6-10(7-9)21(24)25/h4-8H,1-3H3,(H,18,19,20,23)/b11-8-. The second-order valence-electron chi connectivity index (χ2n) is 6.99. The molecule has 0 atom stereocenters. The number of aromatic nitrogens is 1. The molecule has 2 aromatic rings. The highest BCUT2D eigenvalue weighted by Gasteiger charge is 2.31. The largest absolute Gasteiger partial charge is 0.349 e. The number of nitrogens with zero attached hydrogens (tertiary/aromatic N) is 4. The second-order valence-corrected chi connectivity index (χ2v) is 8.98. The fourth-order valence-corrected chi connectivity index (χ4v) is 4.26. The summed E-state index contributed by atoms with van der Waals surface area (Å²) in [5.41, 5.74) is 0.212. The van der Waals surface area contributed by atoms with Gasteiger partial charge in [0.25, 0.3) is 11.6 Å². The van der Waals surface area contributed by atoms with Crippen molar-refractivity contribution in [1.82, 2.24) is 10.3 Å². The average molecular weight is 433 g/mol. The smallest absolute Gasteiger partial charge is 0.300 e. The maximum absolute atomic E-state index is 12.2. The zero-order valence-electron chi connectivity index (χ0n) is 15.5. The normalized spacial score (nSPS) is 17.0. The summed E-state index contributed by atoms with van der Waals surface area (Å²) >= 11 is 1.87. The van der Waals surface area contributed by atoms with Crippen molar-refractivity contribution in [2.75, 3.05) is 0 Å². The molecule has 12 heteroatoms. The van der Waals surface area contributed by atoms with Gasteiger partial charge in [0.15, 0.2) is 5.17 Å². The molecule has 1 aromatic carbocycles. The lowest BCUT2D eigenvalue weighted by Crippen LogP contribution is -2.19. The number of nitrogens with one attached hydrogen (secondary N) is 1. The topological polar surface area (TPSA) is 141 Å². The number of hydrogen-bond donors (Lipinski definition) is 1. The fourth-order valence-electron chi connectivity index (χ4n) is 2.41. The number of aliphatic imine (C=N–C) groups is 1. The molecule has 1 aliphatic rings. The van der Waals surface area contributed by atoms with Gasteiger partial charge in [0.1, 0.15) is 5.69 Å². The first kappa shape index (κ1) is 20.6. The molecule has 1 aromatic heterocycles. The number of non-ortho nitro benzene ring substituents is 1. The molecule has 0 spiro atoms. The number of hydrogen-bond acceptors (Lipinski definition) is 9. The summed E-state index contributed by atoms with van der Waals surface area (Å²) in [5, 5.41) is 25.1. The molecule has 1 fully saturated rings. The zero-order chi connectivity index (χ0) is 21.3. The van der Waals surface area contributed by atoms with Crippen LogP contribution in [0.1, 0.15) is 32.0 Å². The third kappa shape index (κ3) is 4.66. The molecule has 1 amide bonds. The lowest BCUT2D eigenvalue weighted by Gasteiger charge is -2.13. The molecule has 3 rings (SSSR count). The van der Waals surface area contributed by atoms with Crippen LogP contribution in [0.2, 0.25) is 0 Å². The number of nitro benzene ring substituents is 1. The van der Waals surface area contributed by atoms with E-state index in [0.717, 1.165) is 23.1 Å². The van der Waals surface area contributed by atoms with Gasteiger partial charge in [-0.05, 0) is 34.7 Å². The van der Waals surface area contributed by atoms with E-state index in [1.807, 2.05) is 20.8 Å². The van der Waals surface area contributed by atoms with Crippen molar-refractivity contribution in [2.24, 2.45) is 4.99 Å². The zero-order valence-corrected chi connectivity index (χ0v) is 17.2. The van der Waals surface area contributed by atoms with Crippen LogP contribution in [0.3, 0.4) is 0 Å². The number of benzene rings is 1. The van der Waals surface area contributed by atoms with Gasteiger partial charge in [-0.15, -0.1) is 0 Å². The Bertz CT molecular complexity index is 1080. The van der Waals surface area contributed by atoms with Crippen LogP contribution < -0.4 is 5.32 Å². The van der Waals surface area contributed by atoms with E-state index >= 15 is 0 Å². The van der Waals surface area contributed by atoms with E-state index in [1.54, 1.807) is 6.07 Å². The lowest BCUT2D eigenvalue weighted by atomic mass is 9.93. The first-order valence-corrected chi connectivity index (χ1v) is 9.87. The summed E-state index contributed by atoms with van der Waals surface area (Å²) in [6.07, 6.45) is 1.51. The van der Waals surface area contributed by atoms with Crippen molar-refractivity contribution >= 4 is 56.1 Å². The maximum Gasteiger partial charge on any atom is 0.349 e. The highest BCUT2D eigenvalue weighted by molar-refractivity contribution is 8.18. The van der Waals surface area contributed by atoms with Crippen LogP contribution in [0.4, 0.5) is 15.8 Å². The molecule has 0 radical (unpaired) electrons. The molecule has 10 nitrogen and oxygen atoms in total. The van der Waals surface area contributed by atoms with Crippen LogP contribution in [0.25, 0.3) is 6.08 Å². The minimum absolute atomic E-state index is 0.0820. The van der Waals surface area contributed by atoms with Gasteiger partial charge >= 0.3 is 5.00 Å². The van der Waals surface area contributed by atoms with Gasteiger partial charge in [-0.3, -0.25) is 25.0 Å². The van der Waals surface area contributed by atoms with Crippen LogP contribution in [-0.4, -0.2) is 25.9 Å². The van der Waals surface area contributed by atoms with Crippen LogP contribution in [0.15, 0.2) is 34.2 Å². The Morgan fingerprint density at radius 1 is 1.21 bits per heavy atom. The number of nitro groups is 2. The number of rotatable bonds is 4. The van der Waals surface area contributed by atoms with Crippen molar-refractivity contribution in [3.05, 3.63) is 60.7 Å². The van der Waals surface area contributed by atoms with Gasteiger partial charge in [0, 0.05) is 17.5 Å². The maximum atomic E-state index is 12.2. The van der Waals surface area contributed by atoms with Crippen LogP contribution in [-0.2, 0) is 10.2 Å². The summed E-state index contributed by atoms with van der Waals surface area (Å²) in [5.74, 6) is -0.414. The molecule has 0 unspecified atom stereocenters. The molecule has 2 heterocycles. The molecule has 0 saturated carbocycles. The van der Waals surface area contributed by atoms with Crippen LogP contribution in [0, 0.1) is 20.2 Å². The highest BCUT2D eigenvalue weighted by Crippen LogP contribution is 2.40. The van der Waals surface area contributed by atoms with Crippen molar-refractivity contribution in [3.8, 4) is 0 Å².